The zero-order chi connectivity index (χ0) is 6.20. The van der Waals surface area contributed by atoms with E-state index in [2.05, 4.69) is 4.74 Å². The molecule has 0 heterocycles. The average Bonchev–Trinajstić information content (AvgIpc) is 2.16. The lowest BCUT2D eigenvalue weighted by Gasteiger charge is -2.01. The van der Waals surface area contributed by atoms with E-state index in [1.165, 1.54) is 7.11 Å². The van der Waals surface area contributed by atoms with Gasteiger partial charge in [-0.05, 0) is 12.3 Å². The minimum Gasteiger partial charge on any atom is -0.381 e. The van der Waals surface area contributed by atoms with Gasteiger partial charge < -0.3 is 4.74 Å². The molecule has 8 heavy (non-hydrogen) atoms. The van der Waals surface area contributed by atoms with Gasteiger partial charge >= 0.3 is 0 Å². The fraction of sp³-hybridized carbons (Fsp3) is 1.00. The summed E-state index contributed by atoms with van der Waals surface area (Å²) in [6.45, 7) is 2.17. The number of rotatable bonds is 2. The number of alkyl halides is 1. The molecule has 0 radical (unpaired) electrons. The molecule has 1 aliphatic rings. The molecule has 1 fully saturated rings. The van der Waals surface area contributed by atoms with Crippen LogP contribution in [0.25, 0.3) is 0 Å². The van der Waals surface area contributed by atoms with E-state index in [1.54, 1.807) is 0 Å². The second-order valence-corrected chi connectivity index (χ2v) is 2.57. The molecular formula is C6H11FO. The fourth-order valence-electron chi connectivity index (χ4n) is 0.891. The topological polar surface area (TPSA) is 9.23 Å². The monoisotopic (exact) mass is 118 g/mol. The Morgan fingerprint density at radius 3 is 2.50 bits per heavy atom. The van der Waals surface area contributed by atoms with Gasteiger partial charge in [-0.1, -0.05) is 6.92 Å². The molecule has 2 atom stereocenters. The van der Waals surface area contributed by atoms with Crippen LogP contribution < -0.4 is 0 Å². The van der Waals surface area contributed by atoms with Gasteiger partial charge in [0.2, 0.25) is 0 Å². The van der Waals surface area contributed by atoms with Crippen LogP contribution in [-0.4, -0.2) is 19.4 Å². The molecule has 0 aliphatic heterocycles. The van der Waals surface area contributed by atoms with E-state index in [0.717, 1.165) is 0 Å². The molecule has 1 aliphatic carbocycles. The number of methoxy groups -OCH3 is 1. The van der Waals surface area contributed by atoms with Crippen molar-refractivity contribution in [2.24, 2.45) is 5.92 Å². The lowest BCUT2D eigenvalue weighted by atomic mass is 10.3. The van der Waals surface area contributed by atoms with Gasteiger partial charge in [0.05, 0.1) is 6.61 Å². The Bertz CT molecular complexity index is 94.5. The Morgan fingerprint density at radius 2 is 2.38 bits per heavy atom. The van der Waals surface area contributed by atoms with Crippen LogP contribution in [0.5, 0.6) is 0 Å². The Hall–Kier alpha value is -0.110. The van der Waals surface area contributed by atoms with E-state index >= 15 is 0 Å². The maximum Gasteiger partial charge on any atom is 0.137 e. The maximum absolute atomic E-state index is 12.8. The molecule has 2 heteroatoms. The van der Waals surface area contributed by atoms with Gasteiger partial charge in [-0.3, -0.25) is 0 Å². The highest BCUT2D eigenvalue weighted by molar-refractivity contribution is 5.01. The number of hydrogen-bond acceptors (Lipinski definition) is 1. The first-order valence-electron chi connectivity index (χ1n) is 2.87. The van der Waals surface area contributed by atoms with Crippen LogP contribution in [0.1, 0.15) is 13.3 Å². The SMILES string of the molecule is COC[C@@]1(F)C[C@@H]1C. The number of hydrogen-bond donors (Lipinski definition) is 0. The lowest BCUT2D eigenvalue weighted by molar-refractivity contribution is 0.101. The zero-order valence-corrected chi connectivity index (χ0v) is 5.28. The summed E-state index contributed by atoms with van der Waals surface area (Å²) in [5.74, 6) is 0.224. The lowest BCUT2D eigenvalue weighted by Crippen LogP contribution is -2.10. The van der Waals surface area contributed by atoms with Crippen molar-refractivity contribution in [2.75, 3.05) is 13.7 Å². The van der Waals surface area contributed by atoms with Crippen molar-refractivity contribution in [1.29, 1.82) is 0 Å². The van der Waals surface area contributed by atoms with E-state index < -0.39 is 5.67 Å². The molecule has 0 amide bonds. The van der Waals surface area contributed by atoms with Crippen LogP contribution in [0.2, 0.25) is 0 Å². The Balaban J connectivity index is 2.25. The van der Waals surface area contributed by atoms with Crippen LogP contribution in [0.3, 0.4) is 0 Å². The van der Waals surface area contributed by atoms with Gasteiger partial charge in [-0.15, -0.1) is 0 Å². The van der Waals surface area contributed by atoms with Crippen molar-refractivity contribution in [3.05, 3.63) is 0 Å². The summed E-state index contributed by atoms with van der Waals surface area (Å²) in [5, 5.41) is 0. The molecule has 0 aromatic heterocycles. The van der Waals surface area contributed by atoms with E-state index in [9.17, 15) is 4.39 Å². The molecule has 1 rings (SSSR count). The smallest absolute Gasteiger partial charge is 0.137 e. The van der Waals surface area contributed by atoms with Crippen molar-refractivity contribution in [3.8, 4) is 0 Å². The van der Waals surface area contributed by atoms with E-state index in [4.69, 9.17) is 0 Å². The first-order valence-corrected chi connectivity index (χ1v) is 2.87. The fourth-order valence-corrected chi connectivity index (χ4v) is 0.891. The normalized spacial score (nSPS) is 44.6. The largest absolute Gasteiger partial charge is 0.381 e. The highest BCUT2D eigenvalue weighted by Gasteiger charge is 2.52. The van der Waals surface area contributed by atoms with Crippen molar-refractivity contribution >= 4 is 0 Å². The summed E-state index contributed by atoms with van der Waals surface area (Å²) in [6, 6.07) is 0. The van der Waals surface area contributed by atoms with Crippen molar-refractivity contribution in [1.82, 2.24) is 0 Å². The number of halogens is 1. The summed E-state index contributed by atoms with van der Waals surface area (Å²) in [4.78, 5) is 0. The van der Waals surface area contributed by atoms with Gasteiger partial charge in [-0.2, -0.15) is 0 Å². The highest BCUT2D eigenvalue weighted by Crippen LogP contribution is 2.46. The van der Waals surface area contributed by atoms with Crippen molar-refractivity contribution in [3.63, 3.8) is 0 Å². The van der Waals surface area contributed by atoms with Crippen LogP contribution in [0, 0.1) is 5.92 Å². The van der Waals surface area contributed by atoms with Gasteiger partial charge in [0, 0.05) is 7.11 Å². The Labute approximate surface area is 48.8 Å². The number of ether oxygens (including phenoxy) is 1. The van der Waals surface area contributed by atoms with Crippen LogP contribution in [0.15, 0.2) is 0 Å². The molecule has 0 saturated heterocycles. The van der Waals surface area contributed by atoms with Gasteiger partial charge in [0.1, 0.15) is 5.67 Å². The summed E-state index contributed by atoms with van der Waals surface area (Å²) in [6.07, 6.45) is 0.681. The molecule has 0 unspecified atom stereocenters. The molecule has 1 saturated carbocycles. The van der Waals surface area contributed by atoms with Crippen LogP contribution >= 0.6 is 0 Å². The third kappa shape index (κ3) is 0.848. The van der Waals surface area contributed by atoms with Gasteiger partial charge in [0.15, 0.2) is 0 Å². The van der Waals surface area contributed by atoms with Crippen molar-refractivity contribution in [2.45, 2.75) is 19.0 Å². The molecular weight excluding hydrogens is 107 g/mol. The highest BCUT2D eigenvalue weighted by atomic mass is 19.1. The second-order valence-electron chi connectivity index (χ2n) is 2.57. The minimum atomic E-state index is -0.964. The Morgan fingerprint density at radius 1 is 1.88 bits per heavy atom. The van der Waals surface area contributed by atoms with E-state index in [-0.39, 0.29) is 12.5 Å². The first-order chi connectivity index (χ1) is 3.69. The molecule has 0 aromatic rings. The summed E-state index contributed by atoms with van der Waals surface area (Å²) in [7, 11) is 1.53. The molecule has 0 N–H and O–H groups in total. The summed E-state index contributed by atoms with van der Waals surface area (Å²) < 4.78 is 17.4. The third-order valence-electron chi connectivity index (χ3n) is 1.75. The minimum absolute atomic E-state index is 0.224. The second kappa shape index (κ2) is 1.69. The standard InChI is InChI=1S/C6H11FO/c1-5-3-6(5,7)4-8-2/h5H,3-4H2,1-2H3/t5-,6-/m0/s1. The molecule has 0 aromatic carbocycles. The molecule has 48 valence electrons. The van der Waals surface area contributed by atoms with E-state index in [1.807, 2.05) is 6.92 Å². The van der Waals surface area contributed by atoms with Gasteiger partial charge in [-0.25, -0.2) is 4.39 Å². The van der Waals surface area contributed by atoms with Gasteiger partial charge in [0.25, 0.3) is 0 Å². The molecule has 0 spiro atoms. The van der Waals surface area contributed by atoms with Crippen molar-refractivity contribution < 1.29 is 9.13 Å². The molecule has 0 bridgehead atoms. The van der Waals surface area contributed by atoms with Crippen LogP contribution in [-0.2, 0) is 4.74 Å². The predicted octanol–water partition coefficient (Wildman–Crippen LogP) is 1.38. The van der Waals surface area contributed by atoms with Crippen LogP contribution in [0.4, 0.5) is 4.39 Å². The quantitative estimate of drug-likeness (QED) is 0.532. The summed E-state index contributed by atoms with van der Waals surface area (Å²) in [5.41, 5.74) is -0.964. The molecule has 1 nitrogen and oxygen atoms in total. The maximum atomic E-state index is 12.8. The Kier molecular flexibility index (Phi) is 1.27. The third-order valence-corrected chi connectivity index (χ3v) is 1.75. The summed E-state index contributed by atoms with van der Waals surface area (Å²) >= 11 is 0. The predicted molar refractivity (Wildman–Crippen MR) is 29.5 cm³/mol. The first kappa shape index (κ1) is 6.02. The zero-order valence-electron chi connectivity index (χ0n) is 5.28. The van der Waals surface area contributed by atoms with E-state index in [0.29, 0.717) is 6.42 Å². The average molecular weight is 118 g/mol.